The molecule has 0 aromatic heterocycles. The molecule has 3 aromatic rings. The molecule has 6 nitrogen and oxygen atoms in total. The summed E-state index contributed by atoms with van der Waals surface area (Å²) in [6.45, 7) is 3.40. The summed E-state index contributed by atoms with van der Waals surface area (Å²) in [4.78, 5) is 4.68. The molecule has 1 aliphatic rings. The van der Waals surface area contributed by atoms with Crippen LogP contribution in [0.2, 0.25) is 0 Å². The monoisotopic (exact) mass is 456 g/mol. The van der Waals surface area contributed by atoms with Crippen LogP contribution < -0.4 is 10.6 Å². The van der Waals surface area contributed by atoms with E-state index in [9.17, 15) is 8.42 Å². The number of rotatable bonds is 6. The summed E-state index contributed by atoms with van der Waals surface area (Å²) in [5, 5.41) is 1.67. The molecule has 0 saturated heterocycles. The van der Waals surface area contributed by atoms with E-state index < -0.39 is 10.0 Å². The van der Waals surface area contributed by atoms with E-state index in [1.807, 2.05) is 31.2 Å². The smallest absolute Gasteiger partial charge is 0.261 e. The molecule has 0 radical (unpaired) electrons. The molecule has 1 heterocycles. The van der Waals surface area contributed by atoms with Gasteiger partial charge >= 0.3 is 0 Å². The maximum absolute atomic E-state index is 12.5. The van der Waals surface area contributed by atoms with Crippen molar-refractivity contribution in [2.24, 2.45) is 10.8 Å². The van der Waals surface area contributed by atoms with Gasteiger partial charge in [0, 0.05) is 11.3 Å². The normalized spacial score (nSPS) is 13.5. The first kappa shape index (κ1) is 22.8. The molecule has 0 aliphatic carbocycles. The van der Waals surface area contributed by atoms with Crippen molar-refractivity contribution in [3.05, 3.63) is 95.1 Å². The van der Waals surface area contributed by atoms with Crippen LogP contribution >= 0.6 is 12.4 Å². The number of anilines is 1. The average molecular weight is 457 g/mol. The van der Waals surface area contributed by atoms with Gasteiger partial charge in [0.2, 0.25) is 0 Å². The summed E-state index contributed by atoms with van der Waals surface area (Å²) >= 11 is 0. The Labute approximate surface area is 189 Å². The Morgan fingerprint density at radius 3 is 2.06 bits per heavy atom. The van der Waals surface area contributed by atoms with E-state index >= 15 is 0 Å². The fourth-order valence-corrected chi connectivity index (χ4v) is 4.41. The molecule has 3 aromatic carbocycles. The second-order valence-corrected chi connectivity index (χ2v) is 9.07. The Morgan fingerprint density at radius 1 is 0.935 bits per heavy atom. The molecule has 31 heavy (non-hydrogen) atoms. The zero-order valence-electron chi connectivity index (χ0n) is 17.2. The van der Waals surface area contributed by atoms with Gasteiger partial charge < -0.3 is 0 Å². The van der Waals surface area contributed by atoms with E-state index in [0.29, 0.717) is 5.69 Å². The van der Waals surface area contributed by atoms with E-state index in [1.54, 1.807) is 41.4 Å². The van der Waals surface area contributed by atoms with Crippen molar-refractivity contribution in [3.63, 3.8) is 0 Å². The third-order valence-electron chi connectivity index (χ3n) is 5.03. The molecule has 0 unspecified atom stereocenters. The molecule has 162 valence electrons. The third kappa shape index (κ3) is 5.44. The highest BCUT2D eigenvalue weighted by molar-refractivity contribution is 7.92. The van der Waals surface area contributed by atoms with E-state index in [-0.39, 0.29) is 17.3 Å². The van der Waals surface area contributed by atoms with E-state index in [2.05, 4.69) is 21.8 Å². The van der Waals surface area contributed by atoms with Gasteiger partial charge in [0.05, 0.1) is 18.0 Å². The number of hydrogen-bond acceptors (Lipinski definition) is 5. The summed E-state index contributed by atoms with van der Waals surface area (Å²) in [5.41, 5.74) is 4.83. The number of hydrogen-bond donors (Lipinski definition) is 2. The molecule has 0 spiro atoms. The van der Waals surface area contributed by atoms with Crippen LogP contribution in [0.3, 0.4) is 0 Å². The minimum atomic E-state index is -3.59. The van der Waals surface area contributed by atoms with Gasteiger partial charge in [-0.15, -0.1) is 12.4 Å². The Hall–Kier alpha value is -2.87. The number of nitrogens with two attached hydrogens (primary N) is 1. The zero-order valence-corrected chi connectivity index (χ0v) is 18.8. The molecule has 3 N–H and O–H groups in total. The predicted molar refractivity (Wildman–Crippen MR) is 127 cm³/mol. The van der Waals surface area contributed by atoms with Gasteiger partial charge in [-0.3, -0.25) is 14.7 Å². The van der Waals surface area contributed by atoms with Crippen molar-refractivity contribution in [2.75, 3.05) is 17.8 Å². The summed E-state index contributed by atoms with van der Waals surface area (Å²) in [5.74, 6) is 6.75. The fourth-order valence-electron chi connectivity index (χ4n) is 3.35. The second kappa shape index (κ2) is 9.51. The van der Waals surface area contributed by atoms with E-state index in [1.165, 1.54) is 0 Å². The lowest BCUT2D eigenvalue weighted by Gasteiger charge is -2.13. The quantitative estimate of drug-likeness (QED) is 0.553. The predicted octanol–water partition coefficient (Wildman–Crippen LogP) is 3.74. The number of sulfonamides is 1. The minimum Gasteiger partial charge on any atom is -0.293 e. The molecule has 0 atom stereocenters. The second-order valence-electron chi connectivity index (χ2n) is 7.39. The molecule has 4 rings (SSSR count). The van der Waals surface area contributed by atoms with Crippen LogP contribution in [-0.2, 0) is 16.4 Å². The fraction of sp³-hybridized carbons (Fsp3) is 0.174. The van der Waals surface area contributed by atoms with Crippen LogP contribution in [-0.4, -0.2) is 32.4 Å². The van der Waals surface area contributed by atoms with Gasteiger partial charge in [-0.1, -0.05) is 54.1 Å². The lowest BCUT2D eigenvalue weighted by Crippen LogP contribution is -2.34. The van der Waals surface area contributed by atoms with Gasteiger partial charge in [-0.05, 0) is 48.7 Å². The van der Waals surface area contributed by atoms with Crippen molar-refractivity contribution in [2.45, 2.75) is 18.2 Å². The lowest BCUT2D eigenvalue weighted by molar-refractivity contribution is 0.484. The molecule has 0 bridgehead atoms. The zero-order chi connectivity index (χ0) is 21.1. The Bertz CT molecular complexity index is 1160. The Kier molecular flexibility index (Phi) is 7.00. The lowest BCUT2D eigenvalue weighted by atomic mass is 10.0. The van der Waals surface area contributed by atoms with Crippen LogP contribution in [0.5, 0.6) is 0 Å². The molecule has 0 fully saturated rings. The minimum absolute atomic E-state index is 0. The molecular formula is C23H25ClN4O2S. The van der Waals surface area contributed by atoms with Crippen molar-refractivity contribution in [1.29, 1.82) is 0 Å². The number of aryl methyl sites for hydroxylation is 1. The van der Waals surface area contributed by atoms with Crippen molar-refractivity contribution in [1.82, 2.24) is 5.01 Å². The Balaban J connectivity index is 0.00000272. The van der Waals surface area contributed by atoms with E-state index in [0.717, 1.165) is 47.6 Å². The van der Waals surface area contributed by atoms with Crippen LogP contribution in [0.1, 0.15) is 22.3 Å². The van der Waals surface area contributed by atoms with Crippen molar-refractivity contribution < 1.29 is 8.42 Å². The van der Waals surface area contributed by atoms with Crippen molar-refractivity contribution >= 4 is 34.0 Å². The molecular weight excluding hydrogens is 432 g/mol. The van der Waals surface area contributed by atoms with Gasteiger partial charge in [-0.25, -0.2) is 14.3 Å². The molecule has 0 saturated carbocycles. The van der Waals surface area contributed by atoms with Crippen LogP contribution in [0.25, 0.3) is 0 Å². The SMILES string of the molecule is Cc1ccc(S(=O)(=O)Nc2ccc(Cc3ccc(C4=NCCN4N)cc3)cc2)cc1.Cl. The molecule has 1 aliphatic heterocycles. The van der Waals surface area contributed by atoms with Gasteiger partial charge in [0.15, 0.2) is 0 Å². The van der Waals surface area contributed by atoms with Crippen molar-refractivity contribution in [3.8, 4) is 0 Å². The first-order valence-corrected chi connectivity index (χ1v) is 11.2. The van der Waals surface area contributed by atoms with Gasteiger partial charge in [-0.2, -0.15) is 0 Å². The van der Waals surface area contributed by atoms with Gasteiger partial charge in [0.25, 0.3) is 10.0 Å². The van der Waals surface area contributed by atoms with E-state index in [4.69, 9.17) is 5.84 Å². The molecule has 0 amide bonds. The average Bonchev–Trinajstić information content (AvgIpc) is 3.16. The number of aliphatic imine (C=N–C) groups is 1. The maximum atomic E-state index is 12.5. The van der Waals surface area contributed by atoms with Crippen LogP contribution in [0.4, 0.5) is 5.69 Å². The number of halogens is 1. The van der Waals surface area contributed by atoms with Gasteiger partial charge in [0.1, 0.15) is 5.84 Å². The number of benzene rings is 3. The summed E-state index contributed by atoms with van der Waals surface area (Å²) < 4.78 is 27.7. The highest BCUT2D eigenvalue weighted by atomic mass is 35.5. The molecule has 8 heteroatoms. The Morgan fingerprint density at radius 2 is 1.52 bits per heavy atom. The summed E-state index contributed by atoms with van der Waals surface area (Å²) in [6.07, 6.45) is 0.754. The third-order valence-corrected chi connectivity index (χ3v) is 6.43. The highest BCUT2D eigenvalue weighted by Crippen LogP contribution is 2.19. The summed E-state index contributed by atoms with van der Waals surface area (Å²) in [6, 6.07) is 22.4. The number of nitrogens with zero attached hydrogens (tertiary/aromatic N) is 2. The first-order chi connectivity index (χ1) is 14.4. The maximum Gasteiger partial charge on any atom is 0.261 e. The largest absolute Gasteiger partial charge is 0.293 e. The topological polar surface area (TPSA) is 87.8 Å². The van der Waals surface area contributed by atoms with Crippen LogP contribution in [0.15, 0.2) is 82.7 Å². The number of amidine groups is 1. The standard InChI is InChI=1S/C23H24N4O2S.ClH/c1-17-2-12-22(13-3-17)30(28,29)26-21-10-6-19(7-11-21)16-18-4-8-20(9-5-18)23-25-14-15-27(23)24;/h2-13,26H,14-16,24H2,1H3;1H. The number of nitrogens with one attached hydrogen (secondary N) is 1. The summed E-state index contributed by atoms with van der Waals surface area (Å²) in [7, 11) is -3.59. The highest BCUT2D eigenvalue weighted by Gasteiger charge is 2.15. The van der Waals surface area contributed by atoms with Crippen LogP contribution in [0, 0.1) is 6.92 Å². The number of hydrazine groups is 1. The first-order valence-electron chi connectivity index (χ1n) is 9.75.